The lowest BCUT2D eigenvalue weighted by Gasteiger charge is -2.17. The second-order valence-corrected chi connectivity index (χ2v) is 6.82. The van der Waals surface area contributed by atoms with Gasteiger partial charge in [-0.3, -0.25) is 4.79 Å². The van der Waals surface area contributed by atoms with Gasteiger partial charge >= 0.3 is 0 Å². The van der Waals surface area contributed by atoms with E-state index in [0.717, 1.165) is 19.3 Å². The van der Waals surface area contributed by atoms with Crippen molar-refractivity contribution in [3.8, 4) is 0 Å². The fourth-order valence-corrected chi connectivity index (χ4v) is 2.97. The fraction of sp³-hybridized carbons (Fsp3) is 0.562. The molecule has 1 aromatic carbocycles. The Labute approximate surface area is 140 Å². The van der Waals surface area contributed by atoms with Gasteiger partial charge in [0, 0.05) is 30.3 Å². The van der Waals surface area contributed by atoms with E-state index in [4.69, 9.17) is 27.9 Å². The first-order chi connectivity index (χ1) is 10.4. The first-order valence-electron chi connectivity index (χ1n) is 7.34. The number of amides is 1. The largest absolute Gasteiger partial charge is 0.388 e. The van der Waals surface area contributed by atoms with Crippen molar-refractivity contribution >= 4 is 29.1 Å². The molecule has 1 unspecified atom stereocenters. The quantitative estimate of drug-likeness (QED) is 0.759. The second kappa shape index (κ2) is 7.64. The predicted octanol–water partition coefficient (Wildman–Crippen LogP) is 3.35. The van der Waals surface area contributed by atoms with Crippen LogP contribution in [0, 0.1) is 5.41 Å². The first kappa shape index (κ1) is 17.5. The molecule has 1 saturated carbocycles. The van der Waals surface area contributed by atoms with Crippen LogP contribution in [0.1, 0.15) is 37.4 Å². The molecule has 22 heavy (non-hydrogen) atoms. The van der Waals surface area contributed by atoms with Crippen molar-refractivity contribution in [2.24, 2.45) is 5.41 Å². The van der Waals surface area contributed by atoms with Crippen LogP contribution in [0.2, 0.25) is 10.0 Å². The summed E-state index contributed by atoms with van der Waals surface area (Å²) in [6, 6.07) is 4.82. The molecule has 1 aromatic rings. The molecule has 1 aliphatic carbocycles. The number of methoxy groups -OCH3 is 1. The fourth-order valence-electron chi connectivity index (χ4n) is 2.43. The van der Waals surface area contributed by atoms with E-state index in [2.05, 4.69) is 5.32 Å². The standard InChI is InChI=1S/C16H21Cl2NO3/c1-22-5-4-16(2-3-16)10-19-15(21)9-14(20)11-6-12(17)8-13(18)7-11/h6-8,14,20H,2-5,9-10H2,1H3,(H,19,21). The Bertz CT molecular complexity index is 512. The number of rotatable bonds is 8. The molecule has 1 atom stereocenters. The maximum absolute atomic E-state index is 12.0. The van der Waals surface area contributed by atoms with Crippen molar-refractivity contribution in [3.05, 3.63) is 33.8 Å². The van der Waals surface area contributed by atoms with Crippen molar-refractivity contribution < 1.29 is 14.6 Å². The number of carbonyl (C=O) groups excluding carboxylic acids is 1. The van der Waals surface area contributed by atoms with Crippen LogP contribution in [0.4, 0.5) is 0 Å². The Hall–Kier alpha value is -0.810. The van der Waals surface area contributed by atoms with Crippen molar-refractivity contribution in [2.45, 2.75) is 31.8 Å². The van der Waals surface area contributed by atoms with Crippen LogP contribution < -0.4 is 5.32 Å². The molecule has 122 valence electrons. The van der Waals surface area contributed by atoms with Gasteiger partial charge in [-0.2, -0.15) is 0 Å². The van der Waals surface area contributed by atoms with Gasteiger partial charge in [-0.25, -0.2) is 0 Å². The minimum Gasteiger partial charge on any atom is -0.388 e. The molecule has 1 amide bonds. The number of hydrogen-bond acceptors (Lipinski definition) is 3. The molecule has 0 aliphatic heterocycles. The molecule has 1 aliphatic rings. The summed E-state index contributed by atoms with van der Waals surface area (Å²) in [7, 11) is 1.68. The SMILES string of the molecule is COCCC1(CNC(=O)CC(O)c2cc(Cl)cc(Cl)c2)CC1. The Morgan fingerprint density at radius 3 is 2.55 bits per heavy atom. The Balaban J connectivity index is 1.81. The molecular formula is C16H21Cl2NO3. The van der Waals surface area contributed by atoms with E-state index in [-0.39, 0.29) is 17.7 Å². The third-order valence-electron chi connectivity index (χ3n) is 4.10. The summed E-state index contributed by atoms with van der Waals surface area (Å²) < 4.78 is 5.09. The summed E-state index contributed by atoms with van der Waals surface area (Å²) in [5, 5.41) is 13.9. The number of benzene rings is 1. The highest BCUT2D eigenvalue weighted by Gasteiger charge is 2.42. The number of hydrogen-bond donors (Lipinski definition) is 2. The lowest BCUT2D eigenvalue weighted by atomic mass is 10.0. The van der Waals surface area contributed by atoms with Gasteiger partial charge < -0.3 is 15.2 Å². The number of aliphatic hydroxyl groups is 1. The molecule has 0 heterocycles. The van der Waals surface area contributed by atoms with E-state index in [1.54, 1.807) is 25.3 Å². The van der Waals surface area contributed by atoms with E-state index in [1.807, 2.05) is 0 Å². The van der Waals surface area contributed by atoms with Crippen LogP contribution in [-0.4, -0.2) is 31.3 Å². The molecule has 0 aromatic heterocycles. The number of nitrogens with one attached hydrogen (secondary N) is 1. The average molecular weight is 346 g/mol. The molecule has 1 fully saturated rings. The van der Waals surface area contributed by atoms with Crippen LogP contribution in [-0.2, 0) is 9.53 Å². The smallest absolute Gasteiger partial charge is 0.222 e. The van der Waals surface area contributed by atoms with Crippen molar-refractivity contribution in [2.75, 3.05) is 20.3 Å². The monoisotopic (exact) mass is 345 g/mol. The zero-order valence-corrected chi connectivity index (χ0v) is 14.1. The molecular weight excluding hydrogens is 325 g/mol. The summed E-state index contributed by atoms with van der Waals surface area (Å²) >= 11 is 11.8. The molecule has 0 bridgehead atoms. The molecule has 2 rings (SSSR count). The first-order valence-corrected chi connectivity index (χ1v) is 8.09. The van der Waals surface area contributed by atoms with Crippen molar-refractivity contribution in [3.63, 3.8) is 0 Å². The van der Waals surface area contributed by atoms with Crippen molar-refractivity contribution in [1.29, 1.82) is 0 Å². The summed E-state index contributed by atoms with van der Waals surface area (Å²) in [4.78, 5) is 12.0. The maximum Gasteiger partial charge on any atom is 0.222 e. The van der Waals surface area contributed by atoms with Crippen LogP contribution >= 0.6 is 23.2 Å². The van der Waals surface area contributed by atoms with Gasteiger partial charge in [0.1, 0.15) is 0 Å². The Morgan fingerprint density at radius 1 is 1.36 bits per heavy atom. The van der Waals surface area contributed by atoms with Gasteiger partial charge in [0.05, 0.1) is 12.5 Å². The number of halogens is 2. The van der Waals surface area contributed by atoms with Gasteiger partial charge in [0.2, 0.25) is 5.91 Å². The maximum atomic E-state index is 12.0. The van der Waals surface area contributed by atoms with Crippen LogP contribution in [0.25, 0.3) is 0 Å². The minimum absolute atomic E-state index is 0.00295. The average Bonchev–Trinajstić information content (AvgIpc) is 3.22. The summed E-state index contributed by atoms with van der Waals surface area (Å²) in [6.07, 6.45) is 2.27. The summed E-state index contributed by atoms with van der Waals surface area (Å²) in [5.41, 5.74) is 0.740. The molecule has 0 radical (unpaired) electrons. The predicted molar refractivity (Wildman–Crippen MR) is 87.2 cm³/mol. The Morgan fingerprint density at radius 2 is 2.00 bits per heavy atom. The van der Waals surface area contributed by atoms with Crippen LogP contribution in [0.3, 0.4) is 0 Å². The topological polar surface area (TPSA) is 58.6 Å². The van der Waals surface area contributed by atoms with E-state index in [1.165, 1.54) is 0 Å². The zero-order chi connectivity index (χ0) is 16.2. The van der Waals surface area contributed by atoms with Crippen molar-refractivity contribution in [1.82, 2.24) is 5.32 Å². The molecule has 4 nitrogen and oxygen atoms in total. The van der Waals surface area contributed by atoms with Gasteiger partial charge in [0.15, 0.2) is 0 Å². The van der Waals surface area contributed by atoms with E-state index in [0.29, 0.717) is 28.8 Å². The second-order valence-electron chi connectivity index (χ2n) is 5.94. The summed E-state index contributed by atoms with van der Waals surface area (Å²) in [6.45, 7) is 1.34. The highest BCUT2D eigenvalue weighted by Crippen LogP contribution is 2.48. The number of aliphatic hydroxyl groups excluding tert-OH is 1. The normalized spacial score (nSPS) is 17.1. The Kier molecular flexibility index (Phi) is 6.09. The van der Waals surface area contributed by atoms with E-state index < -0.39 is 6.10 Å². The van der Waals surface area contributed by atoms with Gasteiger partial charge in [-0.1, -0.05) is 23.2 Å². The van der Waals surface area contributed by atoms with E-state index in [9.17, 15) is 9.90 Å². The lowest BCUT2D eigenvalue weighted by Crippen LogP contribution is -2.31. The molecule has 0 spiro atoms. The number of carbonyl (C=O) groups is 1. The van der Waals surface area contributed by atoms with Crippen LogP contribution in [0.15, 0.2) is 18.2 Å². The third-order valence-corrected chi connectivity index (χ3v) is 4.54. The van der Waals surface area contributed by atoms with Gasteiger partial charge in [-0.15, -0.1) is 0 Å². The number of ether oxygens (including phenoxy) is 1. The zero-order valence-electron chi connectivity index (χ0n) is 12.6. The van der Waals surface area contributed by atoms with Crippen LogP contribution in [0.5, 0.6) is 0 Å². The summed E-state index contributed by atoms with van der Waals surface area (Å²) in [5.74, 6) is -0.174. The lowest BCUT2D eigenvalue weighted by molar-refractivity contribution is -0.123. The highest BCUT2D eigenvalue weighted by atomic mass is 35.5. The van der Waals surface area contributed by atoms with Gasteiger partial charge in [-0.05, 0) is 48.4 Å². The van der Waals surface area contributed by atoms with Gasteiger partial charge in [0.25, 0.3) is 0 Å². The molecule has 6 heteroatoms. The van der Waals surface area contributed by atoms with E-state index >= 15 is 0 Å². The highest BCUT2D eigenvalue weighted by molar-refractivity contribution is 6.34. The third kappa shape index (κ3) is 5.13. The molecule has 2 N–H and O–H groups in total. The minimum atomic E-state index is -0.912. The molecule has 0 saturated heterocycles.